The lowest BCUT2D eigenvalue weighted by Crippen LogP contribution is -2.31. The molecule has 1 aromatic carbocycles. The SMILES string of the molecule is c1cc2c(cc1-c1noc([C@@]34CCC[C@@H]3CNC4)n1)CCO2. The summed E-state index contributed by atoms with van der Waals surface area (Å²) < 4.78 is 11.3. The third kappa shape index (κ3) is 1.69. The molecule has 2 atom stereocenters. The molecule has 3 heterocycles. The molecule has 1 saturated heterocycles. The van der Waals surface area contributed by atoms with E-state index < -0.39 is 0 Å². The van der Waals surface area contributed by atoms with Crippen molar-refractivity contribution in [1.29, 1.82) is 0 Å². The molecule has 5 rings (SSSR count). The molecular formula is C17H19N3O2. The van der Waals surface area contributed by atoms with Crippen LogP contribution in [0.1, 0.15) is 30.7 Å². The van der Waals surface area contributed by atoms with E-state index in [1.807, 2.05) is 12.1 Å². The van der Waals surface area contributed by atoms with Crippen molar-refractivity contribution in [2.75, 3.05) is 19.7 Å². The molecule has 1 aromatic heterocycles. The standard InChI is InChI=1S/C17H19N3O2/c1-2-13-9-18-10-17(13,6-1)16-19-15(20-22-16)12-3-4-14-11(8-12)5-7-21-14/h3-4,8,13,18H,1-2,5-7,9-10H2/t13-,17-/m1/s1. The number of hydrogen-bond donors (Lipinski definition) is 1. The molecule has 2 aliphatic heterocycles. The van der Waals surface area contributed by atoms with Gasteiger partial charge in [0.15, 0.2) is 0 Å². The van der Waals surface area contributed by atoms with Gasteiger partial charge < -0.3 is 14.6 Å². The number of hydrogen-bond acceptors (Lipinski definition) is 5. The summed E-state index contributed by atoms with van der Waals surface area (Å²) in [6, 6.07) is 6.17. The monoisotopic (exact) mass is 297 g/mol. The van der Waals surface area contributed by atoms with E-state index in [4.69, 9.17) is 14.2 Å². The van der Waals surface area contributed by atoms with Crippen LogP contribution in [0.5, 0.6) is 5.75 Å². The molecule has 5 heteroatoms. The van der Waals surface area contributed by atoms with Crippen LogP contribution in [0.3, 0.4) is 0 Å². The van der Waals surface area contributed by atoms with E-state index in [2.05, 4.69) is 16.5 Å². The number of ether oxygens (including phenoxy) is 1. The normalized spacial score (nSPS) is 29.4. The summed E-state index contributed by atoms with van der Waals surface area (Å²) in [6.45, 7) is 2.82. The number of aromatic nitrogens is 2. The third-order valence-corrected chi connectivity index (χ3v) is 5.59. The van der Waals surface area contributed by atoms with Crippen molar-refractivity contribution in [2.24, 2.45) is 5.92 Å². The maximum absolute atomic E-state index is 5.69. The van der Waals surface area contributed by atoms with Gasteiger partial charge in [0.05, 0.1) is 12.0 Å². The first-order valence-electron chi connectivity index (χ1n) is 8.16. The third-order valence-electron chi connectivity index (χ3n) is 5.59. The van der Waals surface area contributed by atoms with Crippen LogP contribution in [0.4, 0.5) is 0 Å². The zero-order valence-electron chi connectivity index (χ0n) is 12.5. The lowest BCUT2D eigenvalue weighted by Gasteiger charge is -2.22. The van der Waals surface area contributed by atoms with Crippen molar-refractivity contribution >= 4 is 0 Å². The average Bonchev–Trinajstić information content (AvgIpc) is 3.28. The largest absolute Gasteiger partial charge is 0.493 e. The van der Waals surface area contributed by atoms with Gasteiger partial charge in [0.2, 0.25) is 11.7 Å². The van der Waals surface area contributed by atoms with Crippen LogP contribution in [0, 0.1) is 5.92 Å². The first-order valence-corrected chi connectivity index (χ1v) is 8.16. The summed E-state index contributed by atoms with van der Waals surface area (Å²) in [5, 5.41) is 7.76. The Morgan fingerprint density at radius 1 is 1.32 bits per heavy atom. The van der Waals surface area contributed by atoms with Gasteiger partial charge in [-0.15, -0.1) is 0 Å². The lowest BCUT2D eigenvalue weighted by atomic mass is 9.80. The summed E-state index contributed by atoms with van der Waals surface area (Å²) in [7, 11) is 0. The van der Waals surface area contributed by atoms with Crippen molar-refractivity contribution in [3.8, 4) is 17.1 Å². The van der Waals surface area contributed by atoms with Crippen molar-refractivity contribution in [3.05, 3.63) is 29.7 Å². The summed E-state index contributed by atoms with van der Waals surface area (Å²) in [5.41, 5.74) is 2.34. The Labute approximate surface area is 129 Å². The molecule has 2 aromatic rings. The van der Waals surface area contributed by atoms with Crippen molar-refractivity contribution in [1.82, 2.24) is 15.5 Å². The first kappa shape index (κ1) is 12.6. The lowest BCUT2D eigenvalue weighted by molar-refractivity contribution is 0.265. The fourth-order valence-electron chi connectivity index (χ4n) is 4.37. The molecule has 2 fully saturated rings. The number of rotatable bonds is 2. The Morgan fingerprint density at radius 3 is 3.32 bits per heavy atom. The highest BCUT2D eigenvalue weighted by atomic mass is 16.5. The van der Waals surface area contributed by atoms with Crippen molar-refractivity contribution in [3.63, 3.8) is 0 Å². The molecule has 5 nitrogen and oxygen atoms in total. The van der Waals surface area contributed by atoms with Gasteiger partial charge in [-0.2, -0.15) is 4.98 Å². The number of nitrogens with zero attached hydrogens (tertiary/aromatic N) is 2. The zero-order chi connectivity index (χ0) is 14.6. The molecular weight excluding hydrogens is 278 g/mol. The minimum Gasteiger partial charge on any atom is -0.493 e. The summed E-state index contributed by atoms with van der Waals surface area (Å²) in [5.74, 6) is 3.17. The van der Waals surface area contributed by atoms with Gasteiger partial charge >= 0.3 is 0 Å². The zero-order valence-corrected chi connectivity index (χ0v) is 12.5. The van der Waals surface area contributed by atoms with Gasteiger partial charge in [0, 0.05) is 18.5 Å². The maximum atomic E-state index is 5.69. The van der Waals surface area contributed by atoms with E-state index in [1.165, 1.54) is 18.4 Å². The quantitative estimate of drug-likeness (QED) is 0.921. The Bertz CT molecular complexity index is 714. The van der Waals surface area contributed by atoms with E-state index in [-0.39, 0.29) is 5.41 Å². The fourth-order valence-corrected chi connectivity index (χ4v) is 4.37. The van der Waals surface area contributed by atoms with Crippen LogP contribution in [-0.4, -0.2) is 29.8 Å². The number of benzene rings is 1. The fraction of sp³-hybridized carbons (Fsp3) is 0.529. The molecule has 22 heavy (non-hydrogen) atoms. The van der Waals surface area contributed by atoms with Crippen LogP contribution >= 0.6 is 0 Å². The topological polar surface area (TPSA) is 60.2 Å². The first-order chi connectivity index (χ1) is 10.9. The van der Waals surface area contributed by atoms with Gasteiger partial charge in [-0.25, -0.2) is 0 Å². The van der Waals surface area contributed by atoms with E-state index in [0.717, 1.165) is 49.7 Å². The van der Waals surface area contributed by atoms with Crippen molar-refractivity contribution < 1.29 is 9.26 Å². The van der Waals surface area contributed by atoms with Crippen LogP contribution in [0.2, 0.25) is 0 Å². The van der Waals surface area contributed by atoms with E-state index in [9.17, 15) is 0 Å². The Kier molecular flexibility index (Phi) is 2.62. The van der Waals surface area contributed by atoms with Crippen molar-refractivity contribution in [2.45, 2.75) is 31.1 Å². The second kappa shape index (κ2) is 4.56. The molecule has 0 unspecified atom stereocenters. The Hall–Kier alpha value is -1.88. The number of fused-ring (bicyclic) bond motifs is 2. The number of nitrogens with one attached hydrogen (secondary N) is 1. The highest BCUT2D eigenvalue weighted by Gasteiger charge is 2.51. The predicted octanol–water partition coefficient (Wildman–Crippen LogP) is 2.31. The molecule has 0 spiro atoms. The highest BCUT2D eigenvalue weighted by Crippen LogP contribution is 2.47. The molecule has 0 radical (unpaired) electrons. The second-order valence-corrected chi connectivity index (χ2v) is 6.72. The predicted molar refractivity (Wildman–Crippen MR) is 80.8 cm³/mol. The molecule has 114 valence electrons. The highest BCUT2D eigenvalue weighted by molar-refractivity contribution is 5.59. The van der Waals surface area contributed by atoms with Crippen LogP contribution in [0.15, 0.2) is 22.7 Å². The molecule has 0 bridgehead atoms. The van der Waals surface area contributed by atoms with Gasteiger partial charge in [0.25, 0.3) is 0 Å². The van der Waals surface area contributed by atoms with Gasteiger partial charge in [0.1, 0.15) is 5.75 Å². The second-order valence-electron chi connectivity index (χ2n) is 6.72. The van der Waals surface area contributed by atoms with Crippen LogP contribution < -0.4 is 10.1 Å². The molecule has 0 amide bonds. The smallest absolute Gasteiger partial charge is 0.234 e. The summed E-state index contributed by atoms with van der Waals surface area (Å²) >= 11 is 0. The summed E-state index contributed by atoms with van der Waals surface area (Å²) in [4.78, 5) is 4.76. The van der Waals surface area contributed by atoms with Gasteiger partial charge in [-0.05, 0) is 49.1 Å². The maximum Gasteiger partial charge on any atom is 0.234 e. The van der Waals surface area contributed by atoms with E-state index in [1.54, 1.807) is 0 Å². The van der Waals surface area contributed by atoms with Gasteiger partial charge in [-0.1, -0.05) is 11.6 Å². The molecule has 1 N–H and O–H groups in total. The van der Waals surface area contributed by atoms with Crippen LogP contribution in [0.25, 0.3) is 11.4 Å². The average molecular weight is 297 g/mol. The molecule has 1 saturated carbocycles. The molecule has 3 aliphatic rings. The van der Waals surface area contributed by atoms with E-state index >= 15 is 0 Å². The van der Waals surface area contributed by atoms with E-state index in [0.29, 0.717) is 11.7 Å². The minimum atomic E-state index is 0.0745. The van der Waals surface area contributed by atoms with Gasteiger partial charge in [-0.3, -0.25) is 0 Å². The minimum absolute atomic E-state index is 0.0745. The molecule has 1 aliphatic carbocycles. The Morgan fingerprint density at radius 2 is 2.32 bits per heavy atom. The Balaban J connectivity index is 1.52. The summed E-state index contributed by atoms with van der Waals surface area (Å²) in [6.07, 6.45) is 4.65. The van der Waals surface area contributed by atoms with Crippen LogP contribution in [-0.2, 0) is 11.8 Å².